The van der Waals surface area contributed by atoms with Gasteiger partial charge in [-0.2, -0.15) is 0 Å². The number of halogens is 3. The van der Waals surface area contributed by atoms with Gasteiger partial charge in [0, 0.05) is 26.2 Å². The van der Waals surface area contributed by atoms with Crippen molar-refractivity contribution in [2.45, 2.75) is 18.8 Å². The van der Waals surface area contributed by atoms with Crippen LogP contribution < -0.4 is 4.74 Å². The molecule has 1 aromatic heterocycles. The predicted molar refractivity (Wildman–Crippen MR) is 138 cm³/mol. The Bertz CT molecular complexity index is 1300. The number of rotatable bonds is 8. The molecule has 1 fully saturated rings. The molecule has 4 aromatic rings. The summed E-state index contributed by atoms with van der Waals surface area (Å²) in [6.45, 7) is 3.56. The van der Waals surface area contributed by atoms with Crippen LogP contribution in [0.25, 0.3) is 10.2 Å². The van der Waals surface area contributed by atoms with Crippen LogP contribution in [-0.4, -0.2) is 59.7 Å². The van der Waals surface area contributed by atoms with E-state index < -0.39 is 6.36 Å². The lowest BCUT2D eigenvalue weighted by molar-refractivity contribution is -0.274. The largest absolute Gasteiger partial charge is 0.573 e. The first-order valence-electron chi connectivity index (χ1n) is 12.1. The summed E-state index contributed by atoms with van der Waals surface area (Å²) in [6.07, 6.45) is -4.59. The van der Waals surface area contributed by atoms with Gasteiger partial charge in [0.1, 0.15) is 10.8 Å². The van der Waals surface area contributed by atoms with E-state index in [0.29, 0.717) is 21.8 Å². The van der Waals surface area contributed by atoms with E-state index in [9.17, 15) is 18.0 Å². The molecule has 1 aliphatic rings. The predicted octanol–water partition coefficient (Wildman–Crippen LogP) is 5.71. The van der Waals surface area contributed by atoms with E-state index in [-0.39, 0.29) is 24.0 Å². The number of carbonyl (C=O) groups excluding carboxylic acids is 1. The van der Waals surface area contributed by atoms with Crippen molar-refractivity contribution in [3.8, 4) is 5.75 Å². The van der Waals surface area contributed by atoms with Gasteiger partial charge in [-0.05, 0) is 29.3 Å². The topological polar surface area (TPSA) is 45.7 Å². The second-order valence-corrected chi connectivity index (χ2v) is 10.2. The molecule has 0 spiro atoms. The number of carbonyl (C=O) groups is 1. The van der Waals surface area contributed by atoms with E-state index in [4.69, 9.17) is 0 Å². The molecule has 0 aliphatic carbocycles. The number of thiazole rings is 1. The minimum Gasteiger partial charge on any atom is -0.406 e. The summed E-state index contributed by atoms with van der Waals surface area (Å²) >= 11 is 1.22. The number of alkyl halides is 3. The highest BCUT2D eigenvalue weighted by Crippen LogP contribution is 2.31. The van der Waals surface area contributed by atoms with Crippen LogP contribution in [-0.2, 0) is 11.2 Å². The number of nitrogens with zero attached hydrogens (tertiary/aromatic N) is 3. The fourth-order valence-corrected chi connectivity index (χ4v) is 5.79. The van der Waals surface area contributed by atoms with E-state index in [1.54, 1.807) is 0 Å². The first-order chi connectivity index (χ1) is 17.8. The van der Waals surface area contributed by atoms with Crippen LogP contribution in [0.5, 0.6) is 5.75 Å². The molecule has 5 nitrogen and oxygen atoms in total. The minimum atomic E-state index is -4.75. The standard InChI is InChI=1S/C28H26F3N3O2S/c29-28(30,31)36-23-11-12-24-25(18-23)37-26(32-24)17-22(35)19-33-13-15-34(16-14-33)27(20-7-3-1-4-8-20)21-9-5-2-6-10-21/h1-12,18,27H,13-17,19H2. The van der Waals surface area contributed by atoms with E-state index in [1.807, 2.05) is 12.1 Å². The zero-order chi connectivity index (χ0) is 25.8. The average Bonchev–Trinajstić information content (AvgIpc) is 3.27. The highest BCUT2D eigenvalue weighted by molar-refractivity contribution is 7.18. The van der Waals surface area contributed by atoms with Crippen LogP contribution >= 0.6 is 11.3 Å². The van der Waals surface area contributed by atoms with Gasteiger partial charge in [-0.15, -0.1) is 24.5 Å². The molecule has 0 radical (unpaired) electrons. The molecular weight excluding hydrogens is 499 g/mol. The van der Waals surface area contributed by atoms with Crippen molar-refractivity contribution in [3.05, 3.63) is 95.0 Å². The van der Waals surface area contributed by atoms with Gasteiger partial charge in [-0.1, -0.05) is 60.7 Å². The fourth-order valence-electron chi connectivity index (χ4n) is 4.76. The van der Waals surface area contributed by atoms with Gasteiger partial charge in [0.15, 0.2) is 5.78 Å². The molecular formula is C28H26F3N3O2S. The second-order valence-electron chi connectivity index (χ2n) is 9.04. The number of piperazine rings is 1. The highest BCUT2D eigenvalue weighted by atomic mass is 32.1. The number of benzene rings is 3. The summed E-state index contributed by atoms with van der Waals surface area (Å²) in [4.78, 5) is 21.8. The summed E-state index contributed by atoms with van der Waals surface area (Å²) in [5.41, 5.74) is 3.06. The van der Waals surface area contributed by atoms with Crippen LogP contribution in [0.3, 0.4) is 0 Å². The van der Waals surface area contributed by atoms with Crippen molar-refractivity contribution < 1.29 is 22.7 Å². The lowest BCUT2D eigenvalue weighted by Crippen LogP contribution is -2.49. The molecule has 0 atom stereocenters. The zero-order valence-electron chi connectivity index (χ0n) is 20.0. The van der Waals surface area contributed by atoms with Gasteiger partial charge in [-0.3, -0.25) is 14.6 Å². The summed E-state index contributed by atoms with van der Waals surface area (Å²) < 4.78 is 42.0. The number of ether oxygens (including phenoxy) is 1. The summed E-state index contributed by atoms with van der Waals surface area (Å²) in [5, 5.41) is 0.594. The maximum Gasteiger partial charge on any atom is 0.573 e. The van der Waals surface area contributed by atoms with Crippen molar-refractivity contribution in [2.75, 3.05) is 32.7 Å². The molecule has 0 amide bonds. The van der Waals surface area contributed by atoms with Crippen molar-refractivity contribution in [2.24, 2.45) is 0 Å². The third-order valence-electron chi connectivity index (χ3n) is 6.39. The Hall–Kier alpha value is -3.27. The lowest BCUT2D eigenvalue weighted by atomic mass is 9.96. The molecule has 1 aliphatic heterocycles. The average molecular weight is 526 g/mol. The molecule has 192 valence electrons. The molecule has 0 bridgehead atoms. The molecule has 3 aromatic carbocycles. The van der Waals surface area contributed by atoms with Crippen molar-refractivity contribution >= 4 is 27.3 Å². The van der Waals surface area contributed by atoms with E-state index >= 15 is 0 Å². The molecule has 0 unspecified atom stereocenters. The second kappa shape index (κ2) is 11.0. The maximum atomic E-state index is 12.8. The molecule has 1 saturated heterocycles. The van der Waals surface area contributed by atoms with Gasteiger partial charge < -0.3 is 4.74 Å². The number of ketones is 1. The third-order valence-corrected chi connectivity index (χ3v) is 7.41. The first kappa shape index (κ1) is 25.4. The number of hydrogen-bond acceptors (Lipinski definition) is 6. The van der Waals surface area contributed by atoms with Crippen molar-refractivity contribution in [1.82, 2.24) is 14.8 Å². The molecule has 9 heteroatoms. The summed E-state index contributed by atoms with van der Waals surface area (Å²) in [6, 6.07) is 25.1. The maximum absolute atomic E-state index is 12.8. The van der Waals surface area contributed by atoms with E-state index in [0.717, 1.165) is 26.2 Å². The van der Waals surface area contributed by atoms with Crippen molar-refractivity contribution in [3.63, 3.8) is 0 Å². The first-order valence-corrected chi connectivity index (χ1v) is 12.9. The van der Waals surface area contributed by atoms with Gasteiger partial charge in [-0.25, -0.2) is 4.98 Å². The lowest BCUT2D eigenvalue weighted by Gasteiger charge is -2.39. The number of hydrogen-bond donors (Lipinski definition) is 0. The van der Waals surface area contributed by atoms with Crippen LogP contribution in [0.4, 0.5) is 13.2 Å². The van der Waals surface area contributed by atoms with Crippen LogP contribution in [0, 0.1) is 0 Å². The zero-order valence-corrected chi connectivity index (χ0v) is 20.8. The Morgan fingerprint density at radius 1 is 0.919 bits per heavy atom. The number of fused-ring (bicyclic) bond motifs is 1. The third kappa shape index (κ3) is 6.54. The van der Waals surface area contributed by atoms with E-state index in [2.05, 4.69) is 68.1 Å². The Balaban J connectivity index is 1.19. The fraction of sp³-hybridized carbons (Fsp3) is 0.286. The number of aromatic nitrogens is 1. The number of Topliss-reactive ketones (excluding diaryl/α,β-unsaturated/α-hetero) is 1. The van der Waals surface area contributed by atoms with E-state index in [1.165, 1.54) is 40.7 Å². The molecule has 2 heterocycles. The SMILES string of the molecule is O=C(Cc1nc2ccc(OC(F)(F)F)cc2s1)CN1CCN(C(c2ccccc2)c2ccccc2)CC1. The smallest absolute Gasteiger partial charge is 0.406 e. The molecule has 37 heavy (non-hydrogen) atoms. The van der Waals surface area contributed by atoms with Gasteiger partial charge in [0.05, 0.1) is 29.2 Å². The quantitative estimate of drug-likeness (QED) is 0.295. The van der Waals surface area contributed by atoms with Crippen LogP contribution in [0.1, 0.15) is 22.2 Å². The van der Waals surface area contributed by atoms with Gasteiger partial charge >= 0.3 is 6.36 Å². The molecule has 5 rings (SSSR count). The minimum absolute atomic E-state index is 0.0435. The summed E-state index contributed by atoms with van der Waals surface area (Å²) in [7, 11) is 0. The highest BCUT2D eigenvalue weighted by Gasteiger charge is 2.31. The van der Waals surface area contributed by atoms with Gasteiger partial charge in [0.2, 0.25) is 0 Å². The monoisotopic (exact) mass is 525 g/mol. The molecule has 0 saturated carbocycles. The molecule has 0 N–H and O–H groups in total. The Labute approximate surface area is 217 Å². The Kier molecular flexibility index (Phi) is 7.55. The van der Waals surface area contributed by atoms with Crippen molar-refractivity contribution in [1.29, 1.82) is 0 Å². The van der Waals surface area contributed by atoms with Crippen LogP contribution in [0.2, 0.25) is 0 Å². The summed E-state index contributed by atoms with van der Waals surface area (Å²) in [5.74, 6) is -0.245. The van der Waals surface area contributed by atoms with Gasteiger partial charge in [0.25, 0.3) is 0 Å². The Morgan fingerprint density at radius 3 is 2.14 bits per heavy atom. The van der Waals surface area contributed by atoms with Crippen LogP contribution in [0.15, 0.2) is 78.9 Å². The Morgan fingerprint density at radius 2 is 1.54 bits per heavy atom. The normalized spacial score (nSPS) is 15.4.